The monoisotopic (exact) mass is 192 g/mol. The topological polar surface area (TPSA) is 65.4 Å². The molecule has 64 valence electrons. The van der Waals surface area contributed by atoms with E-state index < -0.39 is 0 Å². The average molecular weight is 193 g/mol. The van der Waals surface area contributed by atoms with Gasteiger partial charge in [0.15, 0.2) is 0 Å². The van der Waals surface area contributed by atoms with E-state index in [4.69, 9.17) is 16.9 Å². The molecule has 5 heteroatoms. The lowest BCUT2D eigenvalue weighted by atomic mass is 10.2. The molecule has 0 bridgehead atoms. The summed E-state index contributed by atoms with van der Waals surface area (Å²) in [7, 11) is 0. The Morgan fingerprint density at radius 3 is 3.15 bits per heavy atom. The van der Waals surface area contributed by atoms with Crippen molar-refractivity contribution in [1.29, 1.82) is 5.26 Å². The van der Waals surface area contributed by atoms with Gasteiger partial charge in [0.25, 0.3) is 0 Å². The maximum Gasteiger partial charge on any atom is 0.201 e. The van der Waals surface area contributed by atoms with Gasteiger partial charge in [-0.1, -0.05) is 0 Å². The molecule has 0 amide bonds. The van der Waals surface area contributed by atoms with Crippen LogP contribution >= 0.6 is 11.6 Å². The summed E-state index contributed by atoms with van der Waals surface area (Å²) < 4.78 is 0. The van der Waals surface area contributed by atoms with Crippen LogP contribution in [0.5, 0.6) is 0 Å². The second-order valence-corrected chi connectivity index (χ2v) is 2.92. The fourth-order valence-corrected chi connectivity index (χ4v) is 1.36. The van der Waals surface area contributed by atoms with E-state index in [0.29, 0.717) is 11.7 Å². The largest absolute Gasteiger partial charge is 0.327 e. The van der Waals surface area contributed by atoms with Gasteiger partial charge in [0.1, 0.15) is 0 Å². The van der Waals surface area contributed by atoms with Crippen molar-refractivity contribution in [2.24, 2.45) is 0 Å². The molecule has 0 aliphatic heterocycles. The van der Waals surface area contributed by atoms with E-state index in [2.05, 4.69) is 15.0 Å². The maximum absolute atomic E-state index is 8.54. The predicted molar refractivity (Wildman–Crippen MR) is 48.2 cm³/mol. The van der Waals surface area contributed by atoms with Crippen LogP contribution in [0, 0.1) is 11.3 Å². The summed E-state index contributed by atoms with van der Waals surface area (Å²) in [6.07, 6.45) is 3.56. The number of pyridine rings is 1. The first-order chi connectivity index (χ1) is 6.31. The Bertz CT molecular complexity index is 482. The van der Waals surface area contributed by atoms with E-state index in [9.17, 15) is 0 Å². The SMILES string of the molecule is N#CCc1cncc2[nH]c(Cl)nc12. The van der Waals surface area contributed by atoms with Crippen molar-refractivity contribution in [1.82, 2.24) is 15.0 Å². The van der Waals surface area contributed by atoms with Crippen molar-refractivity contribution >= 4 is 22.6 Å². The van der Waals surface area contributed by atoms with Crippen molar-refractivity contribution in [2.75, 3.05) is 0 Å². The van der Waals surface area contributed by atoms with Crippen LogP contribution in [0.1, 0.15) is 5.56 Å². The molecule has 0 aromatic carbocycles. The van der Waals surface area contributed by atoms with Gasteiger partial charge >= 0.3 is 0 Å². The fourth-order valence-electron chi connectivity index (χ4n) is 1.17. The summed E-state index contributed by atoms with van der Waals surface area (Å²) in [6.45, 7) is 0. The molecule has 1 N–H and O–H groups in total. The highest BCUT2D eigenvalue weighted by Gasteiger charge is 2.05. The van der Waals surface area contributed by atoms with E-state index in [-0.39, 0.29) is 0 Å². The Hall–Kier alpha value is -1.60. The van der Waals surface area contributed by atoms with E-state index >= 15 is 0 Å². The highest BCUT2D eigenvalue weighted by atomic mass is 35.5. The number of aromatic amines is 1. The zero-order valence-electron chi connectivity index (χ0n) is 6.58. The second kappa shape index (κ2) is 3.04. The van der Waals surface area contributed by atoms with Gasteiger partial charge in [-0.2, -0.15) is 5.26 Å². The number of fused-ring (bicyclic) bond motifs is 1. The molecular formula is C8H5ClN4. The third-order valence-corrected chi connectivity index (χ3v) is 1.89. The quantitative estimate of drug-likeness (QED) is 0.748. The van der Waals surface area contributed by atoms with Gasteiger partial charge in [0, 0.05) is 11.8 Å². The number of halogens is 1. The van der Waals surface area contributed by atoms with Gasteiger partial charge in [0.2, 0.25) is 5.28 Å². The zero-order chi connectivity index (χ0) is 9.26. The lowest BCUT2D eigenvalue weighted by Gasteiger charge is -1.93. The number of aromatic nitrogens is 3. The van der Waals surface area contributed by atoms with Gasteiger partial charge in [-0.25, -0.2) is 4.98 Å². The van der Waals surface area contributed by atoms with Crippen LogP contribution in [0.15, 0.2) is 12.4 Å². The normalized spacial score (nSPS) is 10.2. The number of nitriles is 1. The van der Waals surface area contributed by atoms with E-state index in [1.807, 2.05) is 6.07 Å². The number of hydrogen-bond acceptors (Lipinski definition) is 3. The molecule has 4 nitrogen and oxygen atoms in total. The molecule has 0 atom stereocenters. The third kappa shape index (κ3) is 1.34. The first-order valence-electron chi connectivity index (χ1n) is 3.66. The summed E-state index contributed by atoms with van der Waals surface area (Å²) in [5, 5.41) is 8.86. The molecule has 0 unspecified atom stereocenters. The fraction of sp³-hybridized carbons (Fsp3) is 0.125. The Balaban J connectivity index is 2.69. The average Bonchev–Trinajstić information content (AvgIpc) is 2.47. The molecule has 2 aromatic heterocycles. The van der Waals surface area contributed by atoms with E-state index in [0.717, 1.165) is 16.6 Å². The number of nitrogens with zero attached hydrogens (tertiary/aromatic N) is 3. The van der Waals surface area contributed by atoms with Crippen molar-refractivity contribution in [2.45, 2.75) is 6.42 Å². The minimum absolute atomic E-state index is 0.297. The van der Waals surface area contributed by atoms with Crippen LogP contribution in [-0.2, 0) is 6.42 Å². The number of rotatable bonds is 1. The van der Waals surface area contributed by atoms with Crippen LogP contribution in [0.2, 0.25) is 5.28 Å². The van der Waals surface area contributed by atoms with Gasteiger partial charge in [-0.05, 0) is 11.6 Å². The number of hydrogen-bond donors (Lipinski definition) is 1. The number of nitrogens with one attached hydrogen (secondary N) is 1. The highest BCUT2D eigenvalue weighted by Crippen LogP contribution is 2.17. The predicted octanol–water partition coefficient (Wildman–Crippen LogP) is 1.68. The van der Waals surface area contributed by atoms with Crippen LogP contribution in [-0.4, -0.2) is 15.0 Å². The molecule has 2 heterocycles. The van der Waals surface area contributed by atoms with Crippen LogP contribution in [0.3, 0.4) is 0 Å². The zero-order valence-corrected chi connectivity index (χ0v) is 7.34. The lowest BCUT2D eigenvalue weighted by molar-refractivity contribution is 1.21. The van der Waals surface area contributed by atoms with Crippen molar-refractivity contribution < 1.29 is 0 Å². The Morgan fingerprint density at radius 2 is 2.38 bits per heavy atom. The van der Waals surface area contributed by atoms with E-state index in [1.165, 1.54) is 0 Å². The lowest BCUT2D eigenvalue weighted by Crippen LogP contribution is -1.85. The smallest absolute Gasteiger partial charge is 0.201 e. The standard InChI is InChI=1S/C8H5ClN4/c9-8-12-6-4-11-3-5(1-2-10)7(6)13-8/h3-4H,1H2,(H,12,13). The molecule has 13 heavy (non-hydrogen) atoms. The molecule has 2 rings (SSSR count). The summed E-state index contributed by atoms with van der Waals surface area (Å²) >= 11 is 5.68. The molecule has 0 saturated carbocycles. The molecule has 2 aromatic rings. The van der Waals surface area contributed by atoms with Gasteiger partial charge in [-0.15, -0.1) is 0 Å². The first-order valence-corrected chi connectivity index (χ1v) is 4.04. The summed E-state index contributed by atoms with van der Waals surface area (Å²) in [4.78, 5) is 10.9. The van der Waals surface area contributed by atoms with Crippen molar-refractivity contribution in [3.05, 3.63) is 23.2 Å². The summed E-state index contributed by atoms with van der Waals surface area (Å²) in [6, 6.07) is 2.05. The minimum atomic E-state index is 0.297. The molecule has 0 aliphatic rings. The Morgan fingerprint density at radius 1 is 1.54 bits per heavy atom. The maximum atomic E-state index is 8.54. The summed E-state index contributed by atoms with van der Waals surface area (Å²) in [5.41, 5.74) is 2.28. The Kier molecular flexibility index (Phi) is 1.87. The van der Waals surface area contributed by atoms with E-state index in [1.54, 1.807) is 12.4 Å². The third-order valence-electron chi connectivity index (χ3n) is 1.71. The van der Waals surface area contributed by atoms with Gasteiger partial charge in [0.05, 0.1) is 29.7 Å². The number of imidazole rings is 1. The van der Waals surface area contributed by atoms with Crippen molar-refractivity contribution in [3.63, 3.8) is 0 Å². The van der Waals surface area contributed by atoms with Gasteiger partial charge < -0.3 is 4.98 Å². The van der Waals surface area contributed by atoms with Crippen molar-refractivity contribution in [3.8, 4) is 6.07 Å². The first kappa shape index (κ1) is 8.02. The second-order valence-electron chi connectivity index (χ2n) is 2.56. The minimum Gasteiger partial charge on any atom is -0.327 e. The molecule has 0 aliphatic carbocycles. The highest BCUT2D eigenvalue weighted by molar-refractivity contribution is 6.29. The molecular weight excluding hydrogens is 188 g/mol. The molecule has 0 radical (unpaired) electrons. The molecule has 0 saturated heterocycles. The van der Waals surface area contributed by atoms with Gasteiger partial charge in [-0.3, -0.25) is 4.98 Å². The number of H-pyrrole nitrogens is 1. The van der Waals surface area contributed by atoms with Crippen LogP contribution in [0.4, 0.5) is 0 Å². The summed E-state index contributed by atoms with van der Waals surface area (Å²) in [5.74, 6) is 0. The van der Waals surface area contributed by atoms with Crippen LogP contribution < -0.4 is 0 Å². The molecule has 0 spiro atoms. The van der Waals surface area contributed by atoms with Crippen LogP contribution in [0.25, 0.3) is 11.0 Å². The Labute approximate surface area is 79.2 Å². The molecule has 0 fully saturated rings.